The lowest BCUT2D eigenvalue weighted by Crippen LogP contribution is -2.45. The first-order valence-corrected chi connectivity index (χ1v) is 12.0. The van der Waals surface area contributed by atoms with Crippen LogP contribution in [0.25, 0.3) is 0 Å². The van der Waals surface area contributed by atoms with E-state index in [9.17, 15) is 18.5 Å². The first kappa shape index (κ1) is 23.5. The number of hydrogen-bond acceptors (Lipinski definition) is 6. The van der Waals surface area contributed by atoms with Crippen LogP contribution in [0, 0.1) is 11.3 Å². The molecule has 1 aliphatic rings. The summed E-state index contributed by atoms with van der Waals surface area (Å²) in [6.45, 7) is 0. The molecule has 0 saturated heterocycles. The van der Waals surface area contributed by atoms with Crippen LogP contribution in [0.4, 0.5) is 0 Å². The Kier molecular flexibility index (Phi) is 6.44. The van der Waals surface area contributed by atoms with E-state index in [2.05, 4.69) is 0 Å². The Bertz CT molecular complexity index is 1400. The number of nitrogens with two attached hydrogens (primary N) is 1. The first-order chi connectivity index (χ1) is 16.3. The number of carbonyl (C=O) groups is 1. The molecular weight excluding hydrogens is 474 g/mol. The molecule has 0 saturated carbocycles. The van der Waals surface area contributed by atoms with Gasteiger partial charge in [-0.15, -0.1) is 0 Å². The number of carbonyl (C=O) groups excluding carboxylic acids is 1. The molecule has 4 rings (SSSR count). The van der Waals surface area contributed by atoms with Crippen LogP contribution in [0.5, 0.6) is 5.75 Å². The van der Waals surface area contributed by atoms with Crippen molar-refractivity contribution in [2.45, 2.75) is 17.0 Å². The Balaban J connectivity index is 1.93. The minimum atomic E-state index is -4.30. The number of sulfonamides is 1. The number of rotatable bonds is 6. The average molecular weight is 494 g/mol. The number of Topliss-reactive ketones (excluding diaryl/α,β-unsaturated/α-hetero) is 1. The maximum atomic E-state index is 13.9. The number of nitriles is 1. The quantitative estimate of drug-likeness (QED) is 0.517. The molecule has 0 spiro atoms. The zero-order chi connectivity index (χ0) is 24.5. The summed E-state index contributed by atoms with van der Waals surface area (Å²) in [4.78, 5) is 13.5. The van der Waals surface area contributed by atoms with Gasteiger partial charge in [0.2, 0.25) is 10.0 Å². The van der Waals surface area contributed by atoms with Gasteiger partial charge < -0.3 is 10.5 Å². The molecule has 0 unspecified atom stereocenters. The van der Waals surface area contributed by atoms with E-state index in [-0.39, 0.29) is 21.7 Å². The fourth-order valence-corrected chi connectivity index (χ4v) is 5.81. The number of hydrogen-bond donors (Lipinski definition) is 1. The first-order valence-electron chi connectivity index (χ1n) is 10.2. The summed E-state index contributed by atoms with van der Waals surface area (Å²) in [6.07, 6.45) is 0. The standard InChI is InChI=1S/C25H20ClN3O4S/c1-33-19-11-7-16(8-12-19)23-21(15-27)22(28)24(25(30)17-5-3-2-4-6-17)29(23)34(31,32)20-13-9-18(26)10-14-20/h2-14,23-24H,28H2,1H3/t23-,24+/m1/s1. The third-order valence-corrected chi connectivity index (χ3v) is 7.73. The van der Waals surface area contributed by atoms with Crippen LogP contribution in [0.15, 0.2) is 95.0 Å². The van der Waals surface area contributed by atoms with Gasteiger partial charge in [0.15, 0.2) is 5.78 Å². The zero-order valence-corrected chi connectivity index (χ0v) is 19.6. The molecule has 1 heterocycles. The molecule has 3 aromatic carbocycles. The van der Waals surface area contributed by atoms with Crippen LogP contribution in [0.1, 0.15) is 22.0 Å². The van der Waals surface area contributed by atoms with Crippen molar-refractivity contribution < 1.29 is 17.9 Å². The van der Waals surface area contributed by atoms with Crippen molar-refractivity contribution in [3.63, 3.8) is 0 Å². The van der Waals surface area contributed by atoms with E-state index < -0.39 is 27.9 Å². The van der Waals surface area contributed by atoms with Crippen LogP contribution < -0.4 is 10.5 Å². The molecule has 0 fully saturated rings. The second-order valence-electron chi connectivity index (χ2n) is 7.58. The maximum absolute atomic E-state index is 13.9. The smallest absolute Gasteiger partial charge is 0.245 e. The molecule has 172 valence electrons. The third-order valence-electron chi connectivity index (χ3n) is 5.64. The van der Waals surface area contributed by atoms with Gasteiger partial charge in [-0.1, -0.05) is 54.1 Å². The topological polar surface area (TPSA) is 113 Å². The predicted octanol–water partition coefficient (Wildman–Crippen LogP) is 4.08. The van der Waals surface area contributed by atoms with Gasteiger partial charge in [-0.05, 0) is 42.0 Å². The predicted molar refractivity (Wildman–Crippen MR) is 128 cm³/mol. The van der Waals surface area contributed by atoms with Crippen molar-refractivity contribution >= 4 is 27.4 Å². The number of ketones is 1. The molecule has 3 aromatic rings. The molecule has 2 N–H and O–H groups in total. The summed E-state index contributed by atoms with van der Waals surface area (Å²) in [5, 5.41) is 10.3. The molecule has 0 aliphatic carbocycles. The monoisotopic (exact) mass is 493 g/mol. The normalized spacial score (nSPS) is 18.5. The summed E-state index contributed by atoms with van der Waals surface area (Å²) in [6, 6.07) is 20.0. The Morgan fingerprint density at radius 3 is 2.21 bits per heavy atom. The lowest BCUT2D eigenvalue weighted by Gasteiger charge is -2.30. The molecule has 2 atom stereocenters. The molecular formula is C25H20ClN3O4S. The fourth-order valence-electron chi connectivity index (χ4n) is 3.97. The molecule has 7 nitrogen and oxygen atoms in total. The maximum Gasteiger partial charge on any atom is 0.245 e. The van der Waals surface area contributed by atoms with Gasteiger partial charge >= 0.3 is 0 Å². The van der Waals surface area contributed by atoms with Crippen molar-refractivity contribution in [2.24, 2.45) is 5.73 Å². The SMILES string of the molecule is COc1ccc([C@@H]2C(C#N)=C(N)[C@@H](C(=O)c3ccccc3)N2S(=O)(=O)c2ccc(Cl)cc2)cc1. The number of benzene rings is 3. The highest BCUT2D eigenvalue weighted by atomic mass is 35.5. The van der Waals surface area contributed by atoms with Gasteiger partial charge in [-0.2, -0.15) is 9.57 Å². The van der Waals surface area contributed by atoms with Gasteiger partial charge in [0, 0.05) is 10.6 Å². The van der Waals surface area contributed by atoms with Crippen molar-refractivity contribution in [3.8, 4) is 11.8 Å². The van der Waals surface area contributed by atoms with Crippen molar-refractivity contribution in [2.75, 3.05) is 7.11 Å². The van der Waals surface area contributed by atoms with Gasteiger partial charge in [-0.3, -0.25) is 4.79 Å². The molecule has 1 aliphatic heterocycles. The highest BCUT2D eigenvalue weighted by molar-refractivity contribution is 7.89. The summed E-state index contributed by atoms with van der Waals surface area (Å²) in [7, 11) is -2.79. The highest BCUT2D eigenvalue weighted by Crippen LogP contribution is 2.44. The van der Waals surface area contributed by atoms with Crippen LogP contribution in [-0.4, -0.2) is 31.7 Å². The Morgan fingerprint density at radius 2 is 1.65 bits per heavy atom. The molecule has 9 heteroatoms. The van der Waals surface area contributed by atoms with Crippen molar-refractivity contribution in [1.29, 1.82) is 5.26 Å². The lowest BCUT2D eigenvalue weighted by atomic mass is 10.00. The Hall–Kier alpha value is -3.64. The minimum Gasteiger partial charge on any atom is -0.497 e. The van der Waals surface area contributed by atoms with E-state index in [0.717, 1.165) is 4.31 Å². The molecule has 0 radical (unpaired) electrons. The van der Waals surface area contributed by atoms with Crippen LogP contribution in [-0.2, 0) is 10.0 Å². The third kappa shape index (κ3) is 4.05. The second kappa shape index (κ2) is 9.31. The van der Waals surface area contributed by atoms with Crippen LogP contribution in [0.3, 0.4) is 0 Å². The molecule has 34 heavy (non-hydrogen) atoms. The van der Waals surface area contributed by atoms with E-state index >= 15 is 0 Å². The largest absolute Gasteiger partial charge is 0.497 e. The van der Waals surface area contributed by atoms with Crippen LogP contribution >= 0.6 is 11.6 Å². The van der Waals surface area contributed by atoms with Crippen molar-refractivity contribution in [1.82, 2.24) is 4.31 Å². The van der Waals surface area contributed by atoms with E-state index in [1.807, 2.05) is 6.07 Å². The van der Waals surface area contributed by atoms with Gasteiger partial charge in [0.05, 0.1) is 35.4 Å². The average Bonchev–Trinajstić information content (AvgIpc) is 3.17. The molecule has 0 aromatic heterocycles. The Morgan fingerprint density at radius 1 is 1.03 bits per heavy atom. The van der Waals surface area contributed by atoms with Crippen LogP contribution in [0.2, 0.25) is 5.02 Å². The summed E-state index contributed by atoms with van der Waals surface area (Å²) >= 11 is 5.96. The number of nitrogens with zero attached hydrogens (tertiary/aromatic N) is 2. The van der Waals surface area contributed by atoms with E-state index in [4.69, 9.17) is 22.1 Å². The van der Waals surface area contributed by atoms with Gasteiger partial charge in [-0.25, -0.2) is 8.42 Å². The van der Waals surface area contributed by atoms with Crippen molar-refractivity contribution in [3.05, 3.63) is 106 Å². The Labute approximate surface area is 202 Å². The van der Waals surface area contributed by atoms with E-state index in [0.29, 0.717) is 16.3 Å². The van der Waals surface area contributed by atoms with E-state index in [1.165, 1.54) is 31.4 Å². The summed E-state index contributed by atoms with van der Waals surface area (Å²) in [5.41, 5.74) is 6.98. The number of ether oxygens (including phenoxy) is 1. The van der Waals surface area contributed by atoms with E-state index in [1.54, 1.807) is 54.6 Å². The second-order valence-corrected chi connectivity index (χ2v) is 9.86. The zero-order valence-electron chi connectivity index (χ0n) is 18.1. The minimum absolute atomic E-state index is 0.00279. The summed E-state index contributed by atoms with van der Waals surface area (Å²) < 4.78 is 34.1. The molecule has 0 bridgehead atoms. The number of halogens is 1. The number of methoxy groups -OCH3 is 1. The fraction of sp³-hybridized carbons (Fsp3) is 0.120. The van der Waals surface area contributed by atoms with Gasteiger partial charge in [0.1, 0.15) is 11.8 Å². The lowest BCUT2D eigenvalue weighted by molar-refractivity contribution is 0.0918. The van der Waals surface area contributed by atoms with Gasteiger partial charge in [0.25, 0.3) is 0 Å². The molecule has 0 amide bonds. The summed E-state index contributed by atoms with van der Waals surface area (Å²) in [5.74, 6) is 0.0284. The highest BCUT2D eigenvalue weighted by Gasteiger charge is 2.50.